The minimum atomic E-state index is 0.364. The summed E-state index contributed by atoms with van der Waals surface area (Å²) in [7, 11) is 0. The van der Waals surface area contributed by atoms with Gasteiger partial charge in [0.1, 0.15) is 0 Å². The van der Waals surface area contributed by atoms with Crippen LogP contribution in [0.3, 0.4) is 0 Å². The molecule has 66 valence electrons. The third kappa shape index (κ3) is 2.67. The minimum Gasteiger partial charge on any atom is -0.378 e. The molecule has 0 aromatic carbocycles. The summed E-state index contributed by atoms with van der Waals surface area (Å²) in [5.41, 5.74) is 1.25. The first-order chi connectivity index (χ1) is 5.86. The number of rotatable bonds is 2. The summed E-state index contributed by atoms with van der Waals surface area (Å²) < 4.78 is 5.54. The molecule has 12 heavy (non-hydrogen) atoms. The summed E-state index contributed by atoms with van der Waals surface area (Å²) in [6, 6.07) is 2.08. The third-order valence-corrected chi connectivity index (χ3v) is 2.15. The van der Waals surface area contributed by atoms with Gasteiger partial charge in [0.2, 0.25) is 0 Å². The molecule has 0 amide bonds. The molecule has 0 bridgehead atoms. The molecular weight excluding hydrogens is 150 g/mol. The van der Waals surface area contributed by atoms with Crippen molar-refractivity contribution in [3.8, 4) is 6.07 Å². The second-order valence-electron chi connectivity index (χ2n) is 3.17. The Bertz CT molecular complexity index is 200. The summed E-state index contributed by atoms with van der Waals surface area (Å²) in [5, 5.41) is 8.47. The molecule has 1 aliphatic rings. The molecule has 2 nitrogen and oxygen atoms in total. The third-order valence-electron chi connectivity index (χ3n) is 2.15. The zero-order chi connectivity index (χ0) is 8.81. The topological polar surface area (TPSA) is 33.0 Å². The summed E-state index contributed by atoms with van der Waals surface area (Å²) >= 11 is 0. The van der Waals surface area contributed by atoms with Crippen molar-refractivity contribution in [3.05, 3.63) is 11.6 Å². The predicted octanol–water partition coefficient (Wildman–Crippen LogP) is 2.42. The zero-order valence-electron chi connectivity index (χ0n) is 7.55. The van der Waals surface area contributed by atoms with Crippen LogP contribution in [0.25, 0.3) is 0 Å². The van der Waals surface area contributed by atoms with Gasteiger partial charge in [0.15, 0.2) is 0 Å². The van der Waals surface area contributed by atoms with Gasteiger partial charge < -0.3 is 4.74 Å². The van der Waals surface area contributed by atoms with Crippen LogP contribution in [0.5, 0.6) is 0 Å². The molecule has 0 aliphatic carbocycles. The molecule has 0 aromatic heterocycles. The van der Waals surface area contributed by atoms with Crippen LogP contribution < -0.4 is 0 Å². The number of allylic oxidation sites excluding steroid dienone is 1. The van der Waals surface area contributed by atoms with Gasteiger partial charge in [-0.3, -0.25) is 0 Å². The van der Waals surface area contributed by atoms with E-state index < -0.39 is 0 Å². The summed E-state index contributed by atoms with van der Waals surface area (Å²) in [6.45, 7) is 2.95. The Kier molecular flexibility index (Phi) is 3.83. The number of hydrogen-bond acceptors (Lipinski definition) is 2. The van der Waals surface area contributed by atoms with Crippen LogP contribution in [0.2, 0.25) is 0 Å². The van der Waals surface area contributed by atoms with Crippen molar-refractivity contribution in [1.82, 2.24) is 0 Å². The molecular formula is C10H15NO. The van der Waals surface area contributed by atoms with Gasteiger partial charge in [-0.25, -0.2) is 0 Å². The normalized spacial score (nSPS) is 27.0. The molecule has 0 saturated carbocycles. The monoisotopic (exact) mass is 165 g/mol. The summed E-state index contributed by atoms with van der Waals surface area (Å²) in [5.74, 6) is 0. The van der Waals surface area contributed by atoms with Gasteiger partial charge in [-0.05, 0) is 19.3 Å². The first-order valence-corrected chi connectivity index (χ1v) is 4.56. The summed E-state index contributed by atoms with van der Waals surface area (Å²) in [4.78, 5) is 0. The fraction of sp³-hybridized carbons (Fsp3) is 0.700. The molecule has 1 heterocycles. The first kappa shape index (κ1) is 9.28. The molecule has 1 atom stereocenters. The highest BCUT2D eigenvalue weighted by Gasteiger charge is 2.15. The lowest BCUT2D eigenvalue weighted by atomic mass is 9.99. The quantitative estimate of drug-likeness (QED) is 0.589. The SMILES string of the molecule is CCCC1C/C(=C\C#N)CCO1. The summed E-state index contributed by atoms with van der Waals surface area (Å²) in [6.07, 6.45) is 6.21. The number of nitriles is 1. The van der Waals surface area contributed by atoms with Gasteiger partial charge in [-0.2, -0.15) is 5.26 Å². The second kappa shape index (κ2) is 4.95. The Morgan fingerprint density at radius 1 is 1.75 bits per heavy atom. The Morgan fingerprint density at radius 2 is 2.58 bits per heavy atom. The maximum absolute atomic E-state index is 8.47. The molecule has 1 aliphatic heterocycles. The van der Waals surface area contributed by atoms with Crippen molar-refractivity contribution in [2.45, 2.75) is 38.7 Å². The smallest absolute Gasteiger partial charge is 0.0911 e. The van der Waals surface area contributed by atoms with E-state index in [1.165, 1.54) is 5.57 Å². The van der Waals surface area contributed by atoms with Crippen LogP contribution in [-0.2, 0) is 4.74 Å². The maximum Gasteiger partial charge on any atom is 0.0911 e. The van der Waals surface area contributed by atoms with Crippen molar-refractivity contribution >= 4 is 0 Å². The number of ether oxygens (including phenoxy) is 1. The Balaban J connectivity index is 2.41. The fourth-order valence-corrected chi connectivity index (χ4v) is 1.54. The van der Waals surface area contributed by atoms with Gasteiger partial charge in [0.25, 0.3) is 0 Å². The van der Waals surface area contributed by atoms with E-state index in [1.54, 1.807) is 6.08 Å². The van der Waals surface area contributed by atoms with Gasteiger partial charge >= 0.3 is 0 Å². The Morgan fingerprint density at radius 3 is 3.25 bits per heavy atom. The van der Waals surface area contributed by atoms with E-state index in [-0.39, 0.29) is 0 Å². The van der Waals surface area contributed by atoms with Crippen molar-refractivity contribution in [2.75, 3.05) is 6.61 Å². The highest BCUT2D eigenvalue weighted by Crippen LogP contribution is 2.21. The molecule has 0 N–H and O–H groups in total. The highest BCUT2D eigenvalue weighted by molar-refractivity contribution is 5.15. The molecule has 1 rings (SSSR count). The predicted molar refractivity (Wildman–Crippen MR) is 47.6 cm³/mol. The molecule has 1 fully saturated rings. The highest BCUT2D eigenvalue weighted by atomic mass is 16.5. The lowest BCUT2D eigenvalue weighted by Gasteiger charge is -2.23. The average Bonchev–Trinajstić information content (AvgIpc) is 2.06. The fourth-order valence-electron chi connectivity index (χ4n) is 1.54. The van der Waals surface area contributed by atoms with E-state index in [2.05, 4.69) is 13.0 Å². The van der Waals surface area contributed by atoms with E-state index in [1.807, 2.05) is 0 Å². The lowest BCUT2D eigenvalue weighted by molar-refractivity contribution is 0.0302. The van der Waals surface area contributed by atoms with E-state index in [9.17, 15) is 0 Å². The van der Waals surface area contributed by atoms with Gasteiger partial charge in [-0.1, -0.05) is 18.9 Å². The van der Waals surface area contributed by atoms with Crippen LogP contribution in [0.4, 0.5) is 0 Å². The van der Waals surface area contributed by atoms with Gasteiger partial charge in [-0.15, -0.1) is 0 Å². The lowest BCUT2D eigenvalue weighted by Crippen LogP contribution is -2.20. The zero-order valence-corrected chi connectivity index (χ0v) is 7.55. The Hall–Kier alpha value is -0.810. The van der Waals surface area contributed by atoms with Crippen LogP contribution in [0, 0.1) is 11.3 Å². The van der Waals surface area contributed by atoms with Crippen LogP contribution in [0.15, 0.2) is 11.6 Å². The molecule has 0 radical (unpaired) electrons. The van der Waals surface area contributed by atoms with E-state index >= 15 is 0 Å². The average molecular weight is 165 g/mol. The number of nitrogens with zero attached hydrogens (tertiary/aromatic N) is 1. The molecule has 1 unspecified atom stereocenters. The second-order valence-corrected chi connectivity index (χ2v) is 3.17. The van der Waals surface area contributed by atoms with Crippen molar-refractivity contribution in [3.63, 3.8) is 0 Å². The van der Waals surface area contributed by atoms with Crippen LogP contribution >= 0.6 is 0 Å². The van der Waals surface area contributed by atoms with Crippen LogP contribution in [-0.4, -0.2) is 12.7 Å². The molecule has 2 heteroatoms. The molecule has 0 aromatic rings. The van der Waals surface area contributed by atoms with Crippen molar-refractivity contribution < 1.29 is 4.74 Å². The van der Waals surface area contributed by atoms with Crippen molar-refractivity contribution in [2.24, 2.45) is 0 Å². The maximum atomic E-state index is 8.47. The minimum absolute atomic E-state index is 0.364. The van der Waals surface area contributed by atoms with Gasteiger partial charge in [0.05, 0.1) is 18.8 Å². The standard InChI is InChI=1S/C10H15NO/c1-2-3-10-8-9(4-6-11)5-7-12-10/h4,10H,2-3,5,7-8H2,1H3/b9-4-. The number of hydrogen-bond donors (Lipinski definition) is 0. The van der Waals surface area contributed by atoms with Gasteiger partial charge in [0, 0.05) is 6.08 Å². The van der Waals surface area contributed by atoms with E-state index in [4.69, 9.17) is 10.00 Å². The van der Waals surface area contributed by atoms with E-state index in [0.29, 0.717) is 6.10 Å². The molecule has 1 saturated heterocycles. The molecule has 0 spiro atoms. The Labute approximate surface area is 73.8 Å². The first-order valence-electron chi connectivity index (χ1n) is 4.56. The van der Waals surface area contributed by atoms with E-state index in [0.717, 1.165) is 32.3 Å². The van der Waals surface area contributed by atoms with Crippen LogP contribution in [0.1, 0.15) is 32.6 Å². The van der Waals surface area contributed by atoms with Crippen molar-refractivity contribution in [1.29, 1.82) is 5.26 Å². The largest absolute Gasteiger partial charge is 0.378 e.